The van der Waals surface area contributed by atoms with Gasteiger partial charge in [-0.05, 0) is 48.0 Å². The summed E-state index contributed by atoms with van der Waals surface area (Å²) in [5, 5.41) is 6.38. The molecule has 0 aliphatic carbocycles. The molecule has 0 radical (unpaired) electrons. The fraction of sp³-hybridized carbons (Fsp3) is 0.231. The standard InChI is InChI=1S/C26H27N3O3/c1-28(2)21-13-10-18(11-14-21)23-17-22(20-12-15-24(31-3)25(16-20)32-4)27-29(23)26(30)19-8-6-5-7-9-19/h5-16,23H,17H2,1-4H3/t23-/m0/s1. The number of hydrogen-bond donors (Lipinski definition) is 0. The monoisotopic (exact) mass is 429 g/mol. The molecule has 0 unspecified atom stereocenters. The zero-order chi connectivity index (χ0) is 22.7. The molecule has 1 heterocycles. The van der Waals surface area contributed by atoms with Crippen molar-refractivity contribution in [2.45, 2.75) is 12.5 Å². The maximum Gasteiger partial charge on any atom is 0.274 e. The van der Waals surface area contributed by atoms with Gasteiger partial charge in [-0.1, -0.05) is 30.3 Å². The molecular formula is C26H27N3O3. The minimum absolute atomic E-state index is 0.122. The molecule has 1 aliphatic heterocycles. The number of carbonyl (C=O) groups is 1. The highest BCUT2D eigenvalue weighted by Crippen LogP contribution is 2.36. The number of hydrazone groups is 1. The van der Waals surface area contributed by atoms with Crippen LogP contribution in [0.2, 0.25) is 0 Å². The van der Waals surface area contributed by atoms with Crippen LogP contribution in [0.5, 0.6) is 11.5 Å². The van der Waals surface area contributed by atoms with Gasteiger partial charge >= 0.3 is 0 Å². The van der Waals surface area contributed by atoms with Crippen LogP contribution in [0.15, 0.2) is 77.9 Å². The highest BCUT2D eigenvalue weighted by molar-refractivity contribution is 6.05. The first-order valence-electron chi connectivity index (χ1n) is 10.5. The van der Waals surface area contributed by atoms with Gasteiger partial charge < -0.3 is 14.4 Å². The second-order valence-corrected chi connectivity index (χ2v) is 7.84. The zero-order valence-corrected chi connectivity index (χ0v) is 18.8. The van der Waals surface area contributed by atoms with E-state index in [0.29, 0.717) is 23.5 Å². The highest BCUT2D eigenvalue weighted by Gasteiger charge is 2.34. The number of carbonyl (C=O) groups excluding carboxylic acids is 1. The van der Waals surface area contributed by atoms with E-state index in [-0.39, 0.29) is 11.9 Å². The topological polar surface area (TPSA) is 54.4 Å². The first-order valence-corrected chi connectivity index (χ1v) is 10.5. The number of anilines is 1. The Hall–Kier alpha value is -3.80. The summed E-state index contributed by atoms with van der Waals surface area (Å²) in [5.41, 5.74) is 4.49. The first kappa shape index (κ1) is 21.4. The molecular weight excluding hydrogens is 402 g/mol. The number of ether oxygens (including phenoxy) is 2. The number of methoxy groups -OCH3 is 2. The fourth-order valence-electron chi connectivity index (χ4n) is 3.86. The number of nitrogens with zero attached hydrogens (tertiary/aromatic N) is 3. The second kappa shape index (κ2) is 9.14. The molecule has 0 bridgehead atoms. The van der Waals surface area contributed by atoms with Crippen LogP contribution in [0, 0.1) is 0 Å². The fourth-order valence-corrected chi connectivity index (χ4v) is 3.86. The van der Waals surface area contributed by atoms with Crippen LogP contribution in [0.25, 0.3) is 0 Å². The van der Waals surface area contributed by atoms with Gasteiger partial charge in [-0.2, -0.15) is 5.10 Å². The molecule has 32 heavy (non-hydrogen) atoms. The Kier molecular flexibility index (Phi) is 6.12. The smallest absolute Gasteiger partial charge is 0.274 e. The molecule has 6 heteroatoms. The van der Waals surface area contributed by atoms with E-state index in [1.165, 1.54) is 0 Å². The third kappa shape index (κ3) is 4.17. The van der Waals surface area contributed by atoms with Crippen molar-refractivity contribution >= 4 is 17.3 Å². The Balaban J connectivity index is 1.72. The van der Waals surface area contributed by atoms with Gasteiger partial charge in [-0.25, -0.2) is 5.01 Å². The maximum atomic E-state index is 13.4. The second-order valence-electron chi connectivity index (χ2n) is 7.84. The van der Waals surface area contributed by atoms with E-state index in [2.05, 4.69) is 29.2 Å². The van der Waals surface area contributed by atoms with Crippen LogP contribution in [0.1, 0.15) is 33.9 Å². The van der Waals surface area contributed by atoms with E-state index in [4.69, 9.17) is 14.6 Å². The largest absolute Gasteiger partial charge is 0.493 e. The van der Waals surface area contributed by atoms with E-state index in [1.54, 1.807) is 19.2 Å². The molecule has 0 fully saturated rings. The molecule has 1 amide bonds. The summed E-state index contributed by atoms with van der Waals surface area (Å²) in [6, 6.07) is 23.0. The van der Waals surface area contributed by atoms with Gasteiger partial charge in [-0.3, -0.25) is 4.79 Å². The molecule has 3 aromatic rings. The van der Waals surface area contributed by atoms with Crippen LogP contribution in [0.3, 0.4) is 0 Å². The number of hydrogen-bond acceptors (Lipinski definition) is 5. The van der Waals surface area contributed by atoms with Crippen molar-refractivity contribution in [1.82, 2.24) is 5.01 Å². The Morgan fingerprint density at radius 2 is 1.62 bits per heavy atom. The Morgan fingerprint density at radius 3 is 2.25 bits per heavy atom. The molecule has 0 N–H and O–H groups in total. The van der Waals surface area contributed by atoms with E-state index < -0.39 is 0 Å². The molecule has 1 aliphatic rings. The lowest BCUT2D eigenvalue weighted by Crippen LogP contribution is -2.27. The Bertz CT molecular complexity index is 1120. The van der Waals surface area contributed by atoms with Crippen molar-refractivity contribution < 1.29 is 14.3 Å². The van der Waals surface area contributed by atoms with Gasteiger partial charge in [0.15, 0.2) is 11.5 Å². The summed E-state index contributed by atoms with van der Waals surface area (Å²) in [5.74, 6) is 1.16. The number of benzene rings is 3. The summed E-state index contributed by atoms with van der Waals surface area (Å²) in [4.78, 5) is 15.4. The summed E-state index contributed by atoms with van der Waals surface area (Å²) in [6.07, 6.45) is 0.607. The summed E-state index contributed by atoms with van der Waals surface area (Å²) in [6.45, 7) is 0. The lowest BCUT2D eigenvalue weighted by molar-refractivity contribution is 0.0711. The van der Waals surface area contributed by atoms with Crippen molar-refractivity contribution in [2.24, 2.45) is 5.10 Å². The third-order valence-corrected chi connectivity index (χ3v) is 5.65. The molecule has 0 saturated carbocycles. The van der Waals surface area contributed by atoms with Crippen molar-refractivity contribution in [3.8, 4) is 11.5 Å². The van der Waals surface area contributed by atoms with Crippen molar-refractivity contribution in [2.75, 3.05) is 33.2 Å². The zero-order valence-electron chi connectivity index (χ0n) is 18.8. The van der Waals surface area contributed by atoms with Crippen molar-refractivity contribution in [3.05, 3.63) is 89.5 Å². The molecule has 0 spiro atoms. The van der Waals surface area contributed by atoms with Crippen molar-refractivity contribution in [1.29, 1.82) is 0 Å². The summed E-state index contributed by atoms with van der Waals surface area (Å²) < 4.78 is 10.8. The quantitative estimate of drug-likeness (QED) is 0.567. The molecule has 0 saturated heterocycles. The predicted octanol–water partition coefficient (Wildman–Crippen LogP) is 4.76. The van der Waals surface area contributed by atoms with Crippen molar-refractivity contribution in [3.63, 3.8) is 0 Å². The molecule has 164 valence electrons. The van der Waals surface area contributed by atoms with Gasteiger partial charge in [0.05, 0.1) is 26.0 Å². The van der Waals surface area contributed by atoms with Gasteiger partial charge in [0.25, 0.3) is 5.91 Å². The van der Waals surface area contributed by atoms with E-state index in [1.807, 2.05) is 62.6 Å². The maximum absolute atomic E-state index is 13.4. The van der Waals surface area contributed by atoms with Crippen LogP contribution in [-0.4, -0.2) is 44.9 Å². The average molecular weight is 430 g/mol. The third-order valence-electron chi connectivity index (χ3n) is 5.65. The molecule has 4 rings (SSSR count). The lowest BCUT2D eigenvalue weighted by atomic mass is 9.97. The minimum Gasteiger partial charge on any atom is -0.493 e. The van der Waals surface area contributed by atoms with Gasteiger partial charge in [0.2, 0.25) is 0 Å². The Labute approximate surface area is 188 Å². The normalized spacial score (nSPS) is 15.3. The van der Waals surface area contributed by atoms with Crippen LogP contribution in [0.4, 0.5) is 5.69 Å². The van der Waals surface area contributed by atoms with E-state index in [0.717, 1.165) is 22.5 Å². The summed E-state index contributed by atoms with van der Waals surface area (Å²) >= 11 is 0. The van der Waals surface area contributed by atoms with Gasteiger partial charge in [-0.15, -0.1) is 0 Å². The summed E-state index contributed by atoms with van der Waals surface area (Å²) in [7, 11) is 7.24. The van der Waals surface area contributed by atoms with Crippen LogP contribution >= 0.6 is 0 Å². The highest BCUT2D eigenvalue weighted by atomic mass is 16.5. The predicted molar refractivity (Wildman–Crippen MR) is 127 cm³/mol. The van der Waals surface area contributed by atoms with Gasteiger partial charge in [0, 0.05) is 37.3 Å². The van der Waals surface area contributed by atoms with Gasteiger partial charge in [0.1, 0.15) is 0 Å². The molecule has 6 nitrogen and oxygen atoms in total. The first-order chi connectivity index (χ1) is 15.5. The minimum atomic E-state index is -0.193. The number of amides is 1. The molecule has 0 aromatic heterocycles. The lowest BCUT2D eigenvalue weighted by Gasteiger charge is -2.23. The van der Waals surface area contributed by atoms with E-state index in [9.17, 15) is 4.79 Å². The van der Waals surface area contributed by atoms with Crippen LogP contribution in [-0.2, 0) is 0 Å². The molecule has 3 aromatic carbocycles. The van der Waals surface area contributed by atoms with Crippen LogP contribution < -0.4 is 14.4 Å². The Morgan fingerprint density at radius 1 is 0.938 bits per heavy atom. The van der Waals surface area contributed by atoms with E-state index >= 15 is 0 Å². The SMILES string of the molecule is COc1ccc(C2=NN(C(=O)c3ccccc3)[C@H](c3ccc(N(C)C)cc3)C2)cc1OC. The number of rotatable bonds is 6. The molecule has 1 atom stereocenters. The average Bonchev–Trinajstić information content (AvgIpc) is 3.29.